The Labute approximate surface area is 147 Å². The Balaban J connectivity index is 1.36. The van der Waals surface area contributed by atoms with Gasteiger partial charge in [-0.2, -0.15) is 0 Å². The summed E-state index contributed by atoms with van der Waals surface area (Å²) in [4.78, 5) is 10.4. The van der Waals surface area contributed by atoms with Crippen molar-refractivity contribution in [2.45, 2.75) is 37.5 Å². The van der Waals surface area contributed by atoms with E-state index in [0.29, 0.717) is 12.6 Å². The summed E-state index contributed by atoms with van der Waals surface area (Å²) >= 11 is 0. The minimum atomic E-state index is -0.423. The lowest BCUT2D eigenvalue weighted by molar-refractivity contribution is -0.0533. The first-order valence-electron chi connectivity index (χ1n) is 8.85. The summed E-state index contributed by atoms with van der Waals surface area (Å²) < 4.78 is 19.1. The lowest BCUT2D eigenvalue weighted by atomic mass is 9.88. The minimum absolute atomic E-state index is 0.0925. The molecule has 3 heterocycles. The molecule has 1 N–H and O–H groups in total. The van der Waals surface area contributed by atoms with Gasteiger partial charge < -0.3 is 10.1 Å². The number of ether oxygens (including phenoxy) is 1. The second kappa shape index (κ2) is 7.06. The van der Waals surface area contributed by atoms with E-state index in [2.05, 4.69) is 50.5 Å². The standard InChI is InChI=1S/C19H23FN4O/c20-16-10-21-18(22-11-16)23-17-9-19(25-13-17)7-4-8-24(14-19)12-15-5-2-1-3-6-15/h1-3,5-6,10-11,17H,4,7-9,12-14H2,(H,21,22,23)/t17-,19+/m1/s1. The fourth-order valence-corrected chi connectivity index (χ4v) is 3.96. The van der Waals surface area contributed by atoms with Gasteiger partial charge in [-0.3, -0.25) is 4.90 Å². The third kappa shape index (κ3) is 3.96. The van der Waals surface area contributed by atoms with Crippen LogP contribution in [-0.2, 0) is 11.3 Å². The van der Waals surface area contributed by atoms with E-state index in [1.807, 2.05) is 0 Å². The number of halogens is 1. The molecule has 2 aliphatic heterocycles. The number of nitrogens with zero attached hydrogens (tertiary/aromatic N) is 3. The third-order valence-electron chi connectivity index (χ3n) is 5.03. The largest absolute Gasteiger partial charge is 0.371 e. The van der Waals surface area contributed by atoms with Gasteiger partial charge >= 0.3 is 0 Å². The molecule has 0 unspecified atom stereocenters. The molecule has 0 radical (unpaired) electrons. The number of benzene rings is 1. The number of nitrogens with one attached hydrogen (secondary N) is 1. The van der Waals surface area contributed by atoms with Gasteiger partial charge in [0.1, 0.15) is 0 Å². The molecule has 2 aromatic rings. The Morgan fingerprint density at radius 1 is 1.24 bits per heavy atom. The molecule has 132 valence electrons. The van der Waals surface area contributed by atoms with Gasteiger partial charge in [-0.1, -0.05) is 30.3 Å². The van der Waals surface area contributed by atoms with Crippen LogP contribution in [0.3, 0.4) is 0 Å². The Morgan fingerprint density at radius 2 is 2.04 bits per heavy atom. The van der Waals surface area contributed by atoms with Crippen LogP contribution in [0.1, 0.15) is 24.8 Å². The van der Waals surface area contributed by atoms with E-state index in [1.165, 1.54) is 18.0 Å². The molecule has 2 fully saturated rings. The maximum absolute atomic E-state index is 12.9. The van der Waals surface area contributed by atoms with Crippen LogP contribution in [0, 0.1) is 5.82 Å². The smallest absolute Gasteiger partial charge is 0.223 e. The number of piperidine rings is 1. The first-order valence-corrected chi connectivity index (χ1v) is 8.85. The van der Waals surface area contributed by atoms with Crippen LogP contribution in [0.4, 0.5) is 10.3 Å². The molecular formula is C19H23FN4O. The molecule has 5 nitrogen and oxygen atoms in total. The first kappa shape index (κ1) is 16.4. The van der Waals surface area contributed by atoms with Crippen LogP contribution in [0.15, 0.2) is 42.7 Å². The Kier molecular flexibility index (Phi) is 4.63. The van der Waals surface area contributed by atoms with Gasteiger partial charge in [0.05, 0.1) is 30.6 Å². The third-order valence-corrected chi connectivity index (χ3v) is 5.03. The topological polar surface area (TPSA) is 50.3 Å². The van der Waals surface area contributed by atoms with E-state index in [-0.39, 0.29) is 11.6 Å². The summed E-state index contributed by atoms with van der Waals surface area (Å²) in [5.41, 5.74) is 1.25. The molecule has 6 heteroatoms. The molecule has 1 spiro atoms. The van der Waals surface area contributed by atoms with Gasteiger partial charge in [0, 0.05) is 19.5 Å². The predicted octanol–water partition coefficient (Wildman–Crippen LogP) is 2.85. The number of hydrogen-bond acceptors (Lipinski definition) is 5. The van der Waals surface area contributed by atoms with E-state index in [4.69, 9.17) is 4.74 Å². The van der Waals surface area contributed by atoms with Crippen molar-refractivity contribution < 1.29 is 9.13 Å². The highest BCUT2D eigenvalue weighted by atomic mass is 19.1. The molecular weight excluding hydrogens is 319 g/mol. The average molecular weight is 342 g/mol. The van der Waals surface area contributed by atoms with Crippen LogP contribution in [0.25, 0.3) is 0 Å². The summed E-state index contributed by atoms with van der Waals surface area (Å²) in [5.74, 6) is 0.0394. The van der Waals surface area contributed by atoms with E-state index in [9.17, 15) is 4.39 Å². The highest BCUT2D eigenvalue weighted by molar-refractivity contribution is 5.26. The van der Waals surface area contributed by atoms with Crippen molar-refractivity contribution in [3.8, 4) is 0 Å². The zero-order chi connectivity index (χ0) is 17.1. The van der Waals surface area contributed by atoms with E-state index < -0.39 is 5.82 Å². The second-order valence-electron chi connectivity index (χ2n) is 7.06. The molecule has 0 amide bonds. The molecule has 0 saturated carbocycles. The van der Waals surface area contributed by atoms with Crippen LogP contribution < -0.4 is 5.32 Å². The van der Waals surface area contributed by atoms with Crippen LogP contribution in [-0.4, -0.2) is 46.2 Å². The van der Waals surface area contributed by atoms with Crippen LogP contribution in [0.2, 0.25) is 0 Å². The van der Waals surface area contributed by atoms with Crippen molar-refractivity contribution in [1.29, 1.82) is 0 Å². The van der Waals surface area contributed by atoms with Crippen LogP contribution in [0.5, 0.6) is 0 Å². The zero-order valence-corrected chi connectivity index (χ0v) is 14.2. The van der Waals surface area contributed by atoms with Gasteiger partial charge in [-0.05, 0) is 24.9 Å². The van der Waals surface area contributed by atoms with E-state index in [1.54, 1.807) is 0 Å². The molecule has 1 aromatic carbocycles. The number of aromatic nitrogens is 2. The normalized spacial score (nSPS) is 26.8. The minimum Gasteiger partial charge on any atom is -0.371 e. The summed E-state index contributed by atoms with van der Waals surface area (Å²) in [6, 6.07) is 10.7. The maximum Gasteiger partial charge on any atom is 0.223 e. The highest BCUT2D eigenvalue weighted by Crippen LogP contribution is 2.35. The fraction of sp³-hybridized carbons (Fsp3) is 0.474. The monoisotopic (exact) mass is 342 g/mol. The molecule has 4 rings (SSSR count). The van der Waals surface area contributed by atoms with Gasteiger partial charge in [-0.25, -0.2) is 14.4 Å². The van der Waals surface area contributed by atoms with Gasteiger partial charge in [0.25, 0.3) is 0 Å². The molecule has 1 aromatic heterocycles. The van der Waals surface area contributed by atoms with Crippen molar-refractivity contribution in [3.05, 3.63) is 54.1 Å². The Bertz CT molecular complexity index is 696. The number of hydrogen-bond donors (Lipinski definition) is 1. The van der Waals surface area contributed by atoms with Gasteiger partial charge in [-0.15, -0.1) is 0 Å². The van der Waals surface area contributed by atoms with Gasteiger partial charge in [0.15, 0.2) is 5.82 Å². The average Bonchev–Trinajstić information content (AvgIpc) is 3.00. The SMILES string of the molecule is Fc1cnc(N[C@H]2CO[C@@]3(CCCN(Cc4ccccc4)C3)C2)nc1. The Hall–Kier alpha value is -2.05. The van der Waals surface area contributed by atoms with Crippen molar-refractivity contribution in [1.82, 2.24) is 14.9 Å². The van der Waals surface area contributed by atoms with E-state index >= 15 is 0 Å². The number of rotatable bonds is 4. The second-order valence-corrected chi connectivity index (χ2v) is 7.06. The number of anilines is 1. The van der Waals surface area contributed by atoms with Crippen molar-refractivity contribution in [2.75, 3.05) is 25.0 Å². The molecule has 2 saturated heterocycles. The van der Waals surface area contributed by atoms with Crippen molar-refractivity contribution in [3.63, 3.8) is 0 Å². The summed E-state index contributed by atoms with van der Waals surface area (Å²) in [6.45, 7) is 3.66. The molecule has 25 heavy (non-hydrogen) atoms. The Morgan fingerprint density at radius 3 is 2.84 bits per heavy atom. The first-order chi connectivity index (χ1) is 12.2. The van der Waals surface area contributed by atoms with Crippen molar-refractivity contribution in [2.24, 2.45) is 0 Å². The predicted molar refractivity (Wildman–Crippen MR) is 93.7 cm³/mol. The van der Waals surface area contributed by atoms with Crippen LogP contribution >= 0.6 is 0 Å². The molecule has 2 aliphatic rings. The molecule has 0 bridgehead atoms. The summed E-state index contributed by atoms with van der Waals surface area (Å²) in [6.07, 6.45) is 5.53. The summed E-state index contributed by atoms with van der Waals surface area (Å²) in [7, 11) is 0. The fourth-order valence-electron chi connectivity index (χ4n) is 3.96. The lowest BCUT2D eigenvalue weighted by Crippen LogP contribution is -2.47. The molecule has 0 aliphatic carbocycles. The number of likely N-dealkylation sites (tertiary alicyclic amines) is 1. The summed E-state index contributed by atoms with van der Waals surface area (Å²) in [5, 5.41) is 3.27. The van der Waals surface area contributed by atoms with Gasteiger partial charge in [0.2, 0.25) is 5.95 Å². The quantitative estimate of drug-likeness (QED) is 0.926. The van der Waals surface area contributed by atoms with E-state index in [0.717, 1.165) is 38.9 Å². The molecule has 2 atom stereocenters. The highest BCUT2D eigenvalue weighted by Gasteiger charge is 2.43. The van der Waals surface area contributed by atoms with Crippen molar-refractivity contribution >= 4 is 5.95 Å². The zero-order valence-electron chi connectivity index (χ0n) is 14.2. The lowest BCUT2D eigenvalue weighted by Gasteiger charge is -2.39. The maximum atomic E-state index is 12.9.